The number of carbonyl (C=O) groups excluding carboxylic acids is 3. The minimum atomic E-state index is -0.412. The van der Waals surface area contributed by atoms with Crippen LogP contribution in [-0.2, 0) is 9.59 Å². The van der Waals surface area contributed by atoms with Crippen molar-refractivity contribution in [1.82, 2.24) is 5.43 Å². The van der Waals surface area contributed by atoms with E-state index in [9.17, 15) is 14.4 Å². The first kappa shape index (κ1) is 22.3. The molecule has 2 N–H and O–H groups in total. The zero-order valence-electron chi connectivity index (χ0n) is 16.4. The van der Waals surface area contributed by atoms with E-state index in [1.54, 1.807) is 63.2 Å². The first-order chi connectivity index (χ1) is 13.8. The Kier molecular flexibility index (Phi) is 8.09. The minimum Gasteiger partial charge on any atom is -0.426 e. The Morgan fingerprint density at radius 1 is 1.14 bits per heavy atom. The van der Waals surface area contributed by atoms with E-state index in [0.717, 1.165) is 4.47 Å². The summed E-state index contributed by atoms with van der Waals surface area (Å²) in [6.07, 6.45) is 1.78. The summed E-state index contributed by atoms with van der Waals surface area (Å²) in [5.41, 5.74) is 3.96. The number of anilines is 1. The molecule has 0 saturated carbocycles. The van der Waals surface area contributed by atoms with Crippen LogP contribution in [0, 0.1) is 5.92 Å². The number of nitrogens with zero attached hydrogens (tertiary/aromatic N) is 1. The molecule has 8 heteroatoms. The third-order valence-corrected chi connectivity index (χ3v) is 4.27. The van der Waals surface area contributed by atoms with Crippen LogP contribution in [0.1, 0.15) is 43.1 Å². The van der Waals surface area contributed by atoms with Gasteiger partial charge in [0.1, 0.15) is 5.75 Å². The summed E-state index contributed by atoms with van der Waals surface area (Å²) in [6, 6.07) is 11.6. The Bertz CT molecular complexity index is 924. The van der Waals surface area contributed by atoms with E-state index in [1.807, 2.05) is 0 Å². The summed E-state index contributed by atoms with van der Waals surface area (Å²) < 4.78 is 6.14. The van der Waals surface area contributed by atoms with Crippen LogP contribution in [0.3, 0.4) is 0 Å². The van der Waals surface area contributed by atoms with Gasteiger partial charge in [-0.2, -0.15) is 5.10 Å². The summed E-state index contributed by atoms with van der Waals surface area (Å²) in [5.74, 6) is -0.796. The molecule has 0 aliphatic rings. The average Bonchev–Trinajstić information content (AvgIpc) is 2.70. The van der Waals surface area contributed by atoms with Crippen molar-refractivity contribution in [3.63, 3.8) is 0 Å². The lowest BCUT2D eigenvalue weighted by Gasteiger charge is -2.09. The maximum absolute atomic E-state index is 12.2. The summed E-state index contributed by atoms with van der Waals surface area (Å²) in [7, 11) is 0. The maximum atomic E-state index is 12.2. The molecule has 0 aliphatic heterocycles. The summed E-state index contributed by atoms with van der Waals surface area (Å²) in [6.45, 7) is 5.25. The highest BCUT2D eigenvalue weighted by Gasteiger charge is 2.12. The standard InChI is InChI=1S/C21H22BrN3O4/c1-4-19(26)24-17-8-5-14(6-9-17)20(27)25-23-12-15-11-16(22)7-10-18(15)29-21(28)13(2)3/h5-13H,4H2,1-3H3,(H,24,26)(H,25,27)/b23-12+. The van der Waals surface area contributed by atoms with Crippen molar-refractivity contribution in [3.05, 3.63) is 58.1 Å². The highest BCUT2D eigenvalue weighted by Crippen LogP contribution is 2.22. The van der Waals surface area contributed by atoms with Crippen LogP contribution < -0.4 is 15.5 Å². The molecule has 7 nitrogen and oxygen atoms in total. The van der Waals surface area contributed by atoms with Crippen molar-refractivity contribution in [3.8, 4) is 5.75 Å². The number of halogens is 1. The molecule has 0 unspecified atom stereocenters. The molecule has 0 bridgehead atoms. The average molecular weight is 460 g/mol. The van der Waals surface area contributed by atoms with Crippen molar-refractivity contribution in [2.24, 2.45) is 11.0 Å². The van der Waals surface area contributed by atoms with Gasteiger partial charge in [-0.05, 0) is 42.5 Å². The van der Waals surface area contributed by atoms with Gasteiger partial charge >= 0.3 is 5.97 Å². The monoisotopic (exact) mass is 459 g/mol. The van der Waals surface area contributed by atoms with Crippen LogP contribution >= 0.6 is 15.9 Å². The van der Waals surface area contributed by atoms with Gasteiger partial charge in [-0.25, -0.2) is 5.43 Å². The molecule has 0 spiro atoms. The lowest BCUT2D eigenvalue weighted by Crippen LogP contribution is -2.18. The van der Waals surface area contributed by atoms with Crippen molar-refractivity contribution < 1.29 is 19.1 Å². The lowest BCUT2D eigenvalue weighted by atomic mass is 10.2. The first-order valence-electron chi connectivity index (χ1n) is 9.04. The number of hydrazone groups is 1. The molecule has 0 radical (unpaired) electrons. The predicted molar refractivity (Wildman–Crippen MR) is 115 cm³/mol. The van der Waals surface area contributed by atoms with Crippen molar-refractivity contribution in [2.45, 2.75) is 27.2 Å². The van der Waals surface area contributed by atoms with Crippen LogP contribution in [0.5, 0.6) is 5.75 Å². The molecule has 0 fully saturated rings. The number of benzene rings is 2. The Morgan fingerprint density at radius 3 is 2.45 bits per heavy atom. The highest BCUT2D eigenvalue weighted by molar-refractivity contribution is 9.10. The van der Waals surface area contributed by atoms with E-state index in [4.69, 9.17) is 4.74 Å². The SMILES string of the molecule is CCC(=O)Nc1ccc(C(=O)N/N=C/c2cc(Br)ccc2OC(=O)C(C)C)cc1. The minimum absolute atomic E-state index is 0.102. The third-order valence-electron chi connectivity index (χ3n) is 3.78. The number of hydrogen-bond acceptors (Lipinski definition) is 5. The van der Waals surface area contributed by atoms with Crippen LogP contribution in [0.15, 0.2) is 52.0 Å². The second-order valence-corrected chi connectivity index (χ2v) is 7.35. The zero-order valence-corrected chi connectivity index (χ0v) is 17.9. The molecule has 2 aromatic rings. The van der Waals surface area contributed by atoms with Gasteiger partial charge in [0, 0.05) is 27.7 Å². The van der Waals surface area contributed by atoms with E-state index in [1.165, 1.54) is 6.21 Å². The molecular weight excluding hydrogens is 438 g/mol. The molecule has 0 aliphatic carbocycles. The molecular formula is C21H22BrN3O4. The highest BCUT2D eigenvalue weighted by atomic mass is 79.9. The van der Waals surface area contributed by atoms with Crippen LogP contribution in [0.4, 0.5) is 5.69 Å². The number of carbonyl (C=O) groups is 3. The van der Waals surface area contributed by atoms with Crippen LogP contribution in [0.2, 0.25) is 0 Å². The number of ether oxygens (including phenoxy) is 1. The van der Waals surface area contributed by atoms with Gasteiger partial charge in [0.2, 0.25) is 5.91 Å². The number of rotatable bonds is 7. The van der Waals surface area contributed by atoms with E-state index in [-0.39, 0.29) is 17.8 Å². The normalized spacial score (nSPS) is 10.8. The van der Waals surface area contributed by atoms with Crippen molar-refractivity contribution >= 4 is 45.6 Å². The zero-order chi connectivity index (χ0) is 21.4. The van der Waals surface area contributed by atoms with Gasteiger partial charge < -0.3 is 10.1 Å². The Hall–Kier alpha value is -3.00. The van der Waals surface area contributed by atoms with Gasteiger partial charge in [0.25, 0.3) is 5.91 Å². The third kappa shape index (κ3) is 6.83. The number of esters is 1. The van der Waals surface area contributed by atoms with Crippen molar-refractivity contribution in [2.75, 3.05) is 5.32 Å². The van der Waals surface area contributed by atoms with Crippen LogP contribution in [-0.4, -0.2) is 24.0 Å². The molecule has 2 aromatic carbocycles. The second kappa shape index (κ2) is 10.5. The Labute approximate surface area is 177 Å². The molecule has 0 heterocycles. The second-order valence-electron chi connectivity index (χ2n) is 6.44. The van der Waals surface area contributed by atoms with Gasteiger partial charge in [0.15, 0.2) is 0 Å². The van der Waals surface area contributed by atoms with E-state index < -0.39 is 5.91 Å². The van der Waals surface area contributed by atoms with E-state index >= 15 is 0 Å². The fourth-order valence-corrected chi connectivity index (χ4v) is 2.50. The van der Waals surface area contributed by atoms with E-state index in [0.29, 0.717) is 29.0 Å². The number of hydrogen-bond donors (Lipinski definition) is 2. The molecule has 2 amide bonds. The number of amides is 2. The maximum Gasteiger partial charge on any atom is 0.313 e. The smallest absolute Gasteiger partial charge is 0.313 e. The largest absolute Gasteiger partial charge is 0.426 e. The van der Waals surface area contributed by atoms with Gasteiger partial charge in [-0.1, -0.05) is 36.7 Å². The summed E-state index contributed by atoms with van der Waals surface area (Å²) in [5, 5.41) is 6.66. The molecule has 0 aromatic heterocycles. The molecule has 0 atom stereocenters. The molecule has 152 valence electrons. The topological polar surface area (TPSA) is 96.9 Å². The molecule has 0 saturated heterocycles. The molecule has 29 heavy (non-hydrogen) atoms. The fourth-order valence-electron chi connectivity index (χ4n) is 2.12. The van der Waals surface area contributed by atoms with Crippen LogP contribution in [0.25, 0.3) is 0 Å². The van der Waals surface area contributed by atoms with Crippen molar-refractivity contribution in [1.29, 1.82) is 0 Å². The quantitative estimate of drug-likeness (QED) is 0.281. The summed E-state index contributed by atoms with van der Waals surface area (Å²) in [4.78, 5) is 35.5. The first-order valence-corrected chi connectivity index (χ1v) is 9.84. The lowest BCUT2D eigenvalue weighted by molar-refractivity contribution is -0.137. The fraction of sp³-hybridized carbons (Fsp3) is 0.238. The Morgan fingerprint density at radius 2 is 1.83 bits per heavy atom. The summed E-state index contributed by atoms with van der Waals surface area (Å²) >= 11 is 3.36. The van der Waals surface area contributed by atoms with Gasteiger partial charge in [-0.15, -0.1) is 0 Å². The number of nitrogens with one attached hydrogen (secondary N) is 2. The Balaban J connectivity index is 2.05. The van der Waals surface area contributed by atoms with Gasteiger partial charge in [0.05, 0.1) is 12.1 Å². The van der Waals surface area contributed by atoms with Gasteiger partial charge in [-0.3, -0.25) is 14.4 Å². The predicted octanol–water partition coefficient (Wildman–Crippen LogP) is 4.12. The van der Waals surface area contributed by atoms with E-state index in [2.05, 4.69) is 31.8 Å². The molecule has 2 rings (SSSR count).